The van der Waals surface area contributed by atoms with Crippen molar-refractivity contribution >= 4 is 34.2 Å². The molecule has 3 heterocycles. The van der Waals surface area contributed by atoms with Crippen LogP contribution in [0.1, 0.15) is 37.2 Å². The van der Waals surface area contributed by atoms with Gasteiger partial charge in [-0.25, -0.2) is 4.98 Å². The average molecular weight is 409 g/mol. The monoisotopic (exact) mass is 408 g/mol. The van der Waals surface area contributed by atoms with Crippen molar-refractivity contribution in [1.29, 1.82) is 0 Å². The molecule has 3 aromatic rings. The van der Waals surface area contributed by atoms with E-state index in [1.54, 1.807) is 22.8 Å². The summed E-state index contributed by atoms with van der Waals surface area (Å²) in [7, 11) is 0. The van der Waals surface area contributed by atoms with Crippen molar-refractivity contribution in [2.45, 2.75) is 39.3 Å². The molecule has 0 spiro atoms. The summed E-state index contributed by atoms with van der Waals surface area (Å²) in [6.07, 6.45) is 3.87. The van der Waals surface area contributed by atoms with E-state index in [9.17, 15) is 4.79 Å². The van der Waals surface area contributed by atoms with Gasteiger partial charge in [-0.3, -0.25) is 9.36 Å². The number of rotatable bonds is 3. The maximum Gasteiger partial charge on any atom is 0.261 e. The Bertz CT molecular complexity index is 1230. The van der Waals surface area contributed by atoms with Gasteiger partial charge in [0.1, 0.15) is 23.4 Å². The van der Waals surface area contributed by atoms with Crippen LogP contribution in [0, 0.1) is 0 Å². The molecule has 0 fully saturated rings. The molecule has 1 aromatic heterocycles. The minimum absolute atomic E-state index is 0.0267. The van der Waals surface area contributed by atoms with E-state index < -0.39 is 0 Å². The molecule has 0 amide bonds. The zero-order chi connectivity index (χ0) is 20.1. The lowest BCUT2D eigenvalue weighted by Crippen LogP contribution is -2.20. The van der Waals surface area contributed by atoms with Gasteiger partial charge in [0.2, 0.25) is 0 Å². The lowest BCUT2D eigenvalue weighted by molar-refractivity contribution is 0.254. The van der Waals surface area contributed by atoms with E-state index >= 15 is 0 Å². The third kappa shape index (κ3) is 3.10. The van der Waals surface area contributed by atoms with Crippen LogP contribution in [0.3, 0.4) is 0 Å². The Morgan fingerprint density at radius 1 is 1.34 bits per heavy atom. The number of allylic oxidation sites excluding steroid dienone is 1. The lowest BCUT2D eigenvalue weighted by Gasteiger charge is -2.11. The van der Waals surface area contributed by atoms with Crippen LogP contribution in [0.4, 0.5) is 0 Å². The van der Waals surface area contributed by atoms with Gasteiger partial charge >= 0.3 is 0 Å². The highest BCUT2D eigenvalue weighted by molar-refractivity contribution is 6.31. The van der Waals surface area contributed by atoms with Gasteiger partial charge in [-0.1, -0.05) is 11.6 Å². The van der Waals surface area contributed by atoms with Crippen LogP contribution in [-0.2, 0) is 13.0 Å². The summed E-state index contributed by atoms with van der Waals surface area (Å²) in [5.74, 6) is 2.43. The molecule has 0 radical (unpaired) electrons. The number of ether oxygens (including phenoxy) is 2. The number of hydrogen-bond acceptors (Lipinski definition) is 4. The third-order valence-electron chi connectivity index (χ3n) is 5.47. The molecule has 148 valence electrons. The van der Waals surface area contributed by atoms with E-state index in [1.807, 2.05) is 13.0 Å². The van der Waals surface area contributed by atoms with Crippen molar-refractivity contribution < 1.29 is 9.47 Å². The summed E-state index contributed by atoms with van der Waals surface area (Å²) < 4.78 is 13.6. The van der Waals surface area contributed by atoms with E-state index in [0.717, 1.165) is 35.5 Å². The van der Waals surface area contributed by atoms with E-state index in [1.165, 1.54) is 5.56 Å². The van der Waals surface area contributed by atoms with E-state index in [-0.39, 0.29) is 11.7 Å². The molecule has 0 unspecified atom stereocenters. The van der Waals surface area contributed by atoms with Gasteiger partial charge in [0.15, 0.2) is 0 Å². The summed E-state index contributed by atoms with van der Waals surface area (Å²) in [5, 5.41) is 1.16. The van der Waals surface area contributed by atoms with E-state index in [2.05, 4.69) is 19.1 Å². The fourth-order valence-electron chi connectivity index (χ4n) is 4.16. The average Bonchev–Trinajstić information content (AvgIpc) is 3.24. The van der Waals surface area contributed by atoms with Crippen LogP contribution < -0.4 is 15.0 Å². The number of hydrogen-bond donors (Lipinski definition) is 0. The molecule has 0 bridgehead atoms. The minimum atomic E-state index is -0.0267. The highest BCUT2D eigenvalue weighted by atomic mass is 35.5. The number of halogens is 1. The predicted molar refractivity (Wildman–Crippen MR) is 115 cm³/mol. The topological polar surface area (TPSA) is 53.4 Å². The Kier molecular flexibility index (Phi) is 4.36. The summed E-state index contributed by atoms with van der Waals surface area (Å²) in [6.45, 7) is 5.25. The molecule has 2 aliphatic rings. The number of nitrogens with zero attached hydrogens (tertiary/aromatic N) is 2. The summed E-state index contributed by atoms with van der Waals surface area (Å²) in [4.78, 5) is 17.6. The highest BCUT2D eigenvalue weighted by Gasteiger charge is 2.24. The Morgan fingerprint density at radius 3 is 3.03 bits per heavy atom. The first kappa shape index (κ1) is 18.3. The molecule has 1 atom stereocenters. The van der Waals surface area contributed by atoms with Gasteiger partial charge in [-0.05, 0) is 62.2 Å². The second-order valence-electron chi connectivity index (χ2n) is 7.54. The molecule has 0 N–H and O–H groups in total. The van der Waals surface area contributed by atoms with E-state index in [0.29, 0.717) is 34.9 Å². The van der Waals surface area contributed by atoms with Crippen LogP contribution >= 0.6 is 11.6 Å². The maximum atomic E-state index is 12.9. The molecule has 2 aromatic carbocycles. The molecular weight excluding hydrogens is 388 g/mol. The van der Waals surface area contributed by atoms with Crippen molar-refractivity contribution in [2.24, 2.45) is 0 Å². The van der Waals surface area contributed by atoms with Crippen molar-refractivity contribution in [1.82, 2.24) is 9.55 Å². The van der Waals surface area contributed by atoms with Crippen LogP contribution in [0.5, 0.6) is 11.5 Å². The second kappa shape index (κ2) is 6.92. The van der Waals surface area contributed by atoms with Gasteiger partial charge in [-0.2, -0.15) is 0 Å². The number of fused-ring (bicyclic) bond motifs is 3. The smallest absolute Gasteiger partial charge is 0.261 e. The van der Waals surface area contributed by atoms with Crippen molar-refractivity contribution in [3.8, 4) is 11.5 Å². The minimum Gasteiger partial charge on any atom is -0.493 e. The van der Waals surface area contributed by atoms with Crippen LogP contribution in [0.2, 0.25) is 5.02 Å². The largest absolute Gasteiger partial charge is 0.493 e. The molecule has 29 heavy (non-hydrogen) atoms. The molecule has 2 aliphatic heterocycles. The first-order valence-corrected chi connectivity index (χ1v) is 10.3. The van der Waals surface area contributed by atoms with Crippen LogP contribution in [0.15, 0.2) is 35.1 Å². The predicted octanol–water partition coefficient (Wildman–Crippen LogP) is 4.72. The Morgan fingerprint density at radius 2 is 2.21 bits per heavy atom. The lowest BCUT2D eigenvalue weighted by atomic mass is 10.0. The van der Waals surface area contributed by atoms with Gasteiger partial charge in [-0.15, -0.1) is 0 Å². The highest BCUT2D eigenvalue weighted by Crippen LogP contribution is 2.38. The molecule has 0 saturated heterocycles. The van der Waals surface area contributed by atoms with Gasteiger partial charge in [0.25, 0.3) is 5.56 Å². The van der Waals surface area contributed by atoms with Gasteiger partial charge in [0.05, 0.1) is 17.5 Å². The quantitative estimate of drug-likeness (QED) is 0.629. The van der Waals surface area contributed by atoms with Gasteiger partial charge < -0.3 is 9.47 Å². The molecule has 6 heteroatoms. The zero-order valence-electron chi connectivity index (χ0n) is 16.4. The Hall–Kier alpha value is -2.79. The molecular formula is C23H21ClN2O3. The molecule has 0 saturated carbocycles. The van der Waals surface area contributed by atoms with Crippen molar-refractivity contribution in [3.05, 3.63) is 62.7 Å². The summed E-state index contributed by atoms with van der Waals surface area (Å²) >= 11 is 6.12. The van der Waals surface area contributed by atoms with Crippen LogP contribution in [0.25, 0.3) is 22.6 Å². The fourth-order valence-corrected chi connectivity index (χ4v) is 4.33. The van der Waals surface area contributed by atoms with E-state index in [4.69, 9.17) is 26.1 Å². The van der Waals surface area contributed by atoms with Crippen LogP contribution in [-0.4, -0.2) is 22.3 Å². The number of aromatic nitrogens is 2. The molecule has 5 nitrogen and oxygen atoms in total. The second-order valence-corrected chi connectivity index (χ2v) is 7.97. The van der Waals surface area contributed by atoms with Crippen molar-refractivity contribution in [2.75, 3.05) is 6.61 Å². The Labute approximate surface area is 173 Å². The summed E-state index contributed by atoms with van der Waals surface area (Å²) in [5.41, 5.74) is 3.73. The first-order valence-electron chi connectivity index (χ1n) is 9.91. The fraction of sp³-hybridized carbons (Fsp3) is 0.304. The molecule has 5 rings (SSSR count). The van der Waals surface area contributed by atoms with Gasteiger partial charge in [0, 0.05) is 29.1 Å². The number of benzene rings is 2. The third-order valence-corrected chi connectivity index (χ3v) is 5.70. The normalized spacial score (nSPS) is 18.7. The maximum absolute atomic E-state index is 12.9. The standard InChI is InChI=1S/C23H21ClN2O3/c1-3-28-20-10-15-8-13(2)29-21(15)11-16(20)9-14-6-7-26-22(14)25-19-12-17(24)4-5-18(19)23(26)27/h4-5,9-13H,3,6-8H2,1-2H3/b14-9-/t13-/m0/s1. The summed E-state index contributed by atoms with van der Waals surface area (Å²) in [6, 6.07) is 9.32. The van der Waals surface area contributed by atoms with Crippen molar-refractivity contribution in [3.63, 3.8) is 0 Å². The first-order chi connectivity index (χ1) is 14.0. The zero-order valence-corrected chi connectivity index (χ0v) is 17.1. The molecule has 0 aliphatic carbocycles. The Balaban J connectivity index is 1.65. The SMILES string of the molecule is CCOc1cc2c(cc1/C=C1/CCn3c1nc1cc(Cl)ccc1c3=O)O[C@@H](C)C2.